The molecule has 0 radical (unpaired) electrons. The summed E-state index contributed by atoms with van der Waals surface area (Å²) in [6, 6.07) is 2.23. The number of aromatic nitrogens is 4. The first kappa shape index (κ1) is 13.3. The molecular weight excluding hydrogens is 270 g/mol. The summed E-state index contributed by atoms with van der Waals surface area (Å²) in [6.07, 6.45) is 3.27. The molecule has 0 saturated carbocycles. The summed E-state index contributed by atoms with van der Waals surface area (Å²) >= 11 is 0. The number of anilines is 3. The maximum atomic E-state index is 9.06. The van der Waals surface area contributed by atoms with Crippen molar-refractivity contribution in [2.45, 2.75) is 13.0 Å². The molecule has 1 saturated heterocycles. The van der Waals surface area contributed by atoms with Gasteiger partial charge in [-0.25, -0.2) is 4.98 Å². The van der Waals surface area contributed by atoms with Crippen molar-refractivity contribution in [3.05, 3.63) is 23.7 Å². The smallest absolute Gasteiger partial charge is 0.232 e. The van der Waals surface area contributed by atoms with Gasteiger partial charge < -0.3 is 10.1 Å². The summed E-state index contributed by atoms with van der Waals surface area (Å²) in [6.45, 7) is 3.17. The van der Waals surface area contributed by atoms with Crippen molar-refractivity contribution in [3.8, 4) is 6.07 Å². The average Bonchev–Trinajstić information content (AvgIpc) is 2.87. The van der Waals surface area contributed by atoms with Gasteiger partial charge in [0.25, 0.3) is 0 Å². The minimum atomic E-state index is 0.166. The zero-order valence-corrected chi connectivity index (χ0v) is 11.8. The lowest BCUT2D eigenvalue weighted by atomic mass is 10.2. The van der Waals surface area contributed by atoms with Gasteiger partial charge in [-0.2, -0.15) is 15.3 Å². The van der Waals surface area contributed by atoms with Crippen LogP contribution in [0.15, 0.2) is 12.4 Å². The van der Waals surface area contributed by atoms with Crippen LogP contribution in [0.4, 0.5) is 17.5 Å². The predicted octanol–water partition coefficient (Wildman–Crippen LogP) is 0.958. The molecule has 0 unspecified atom stereocenters. The number of nitrogens with one attached hydrogen (secondary N) is 2. The van der Waals surface area contributed by atoms with Crippen molar-refractivity contribution in [2.24, 2.45) is 0 Å². The minimum Gasteiger partial charge on any atom is -0.377 e. The summed E-state index contributed by atoms with van der Waals surface area (Å²) in [5, 5.41) is 18.9. The number of hydrogen-bond acceptors (Lipinski definition) is 7. The molecule has 8 heteroatoms. The number of aryl methyl sites for hydroxylation is 1. The lowest BCUT2D eigenvalue weighted by molar-refractivity contribution is 0.0118. The van der Waals surface area contributed by atoms with E-state index in [9.17, 15) is 0 Å². The predicted molar refractivity (Wildman–Crippen MR) is 76.4 cm³/mol. The van der Waals surface area contributed by atoms with Gasteiger partial charge in [-0.3, -0.25) is 10.00 Å². The number of ether oxygens (including phenoxy) is 1. The molecule has 0 aliphatic carbocycles. The Kier molecular flexibility index (Phi) is 3.41. The van der Waals surface area contributed by atoms with E-state index in [-0.39, 0.29) is 6.04 Å². The van der Waals surface area contributed by atoms with Crippen molar-refractivity contribution >= 4 is 17.5 Å². The number of nitrogens with zero attached hydrogens (tertiary/aromatic N) is 5. The van der Waals surface area contributed by atoms with Gasteiger partial charge in [-0.1, -0.05) is 0 Å². The van der Waals surface area contributed by atoms with Gasteiger partial charge in [0.1, 0.15) is 17.5 Å². The Balaban J connectivity index is 2.05. The molecule has 8 nitrogen and oxygen atoms in total. The van der Waals surface area contributed by atoms with Crippen molar-refractivity contribution in [1.82, 2.24) is 20.2 Å². The molecule has 0 atom stereocenters. The highest BCUT2D eigenvalue weighted by Gasteiger charge is 2.31. The van der Waals surface area contributed by atoms with Crippen LogP contribution in [0.25, 0.3) is 0 Å². The number of hydrogen-bond donors (Lipinski definition) is 2. The lowest BCUT2D eigenvalue weighted by Gasteiger charge is -2.36. The van der Waals surface area contributed by atoms with Gasteiger partial charge in [-0.05, 0) is 6.92 Å². The summed E-state index contributed by atoms with van der Waals surface area (Å²) < 4.78 is 5.28. The van der Waals surface area contributed by atoms with Gasteiger partial charge in [0.2, 0.25) is 5.95 Å². The molecule has 1 aliphatic heterocycles. The third-order valence-corrected chi connectivity index (χ3v) is 3.40. The quantitative estimate of drug-likeness (QED) is 0.862. The highest BCUT2D eigenvalue weighted by atomic mass is 16.5. The Hall–Kier alpha value is -2.66. The average molecular weight is 285 g/mol. The second-order valence-corrected chi connectivity index (χ2v) is 4.74. The van der Waals surface area contributed by atoms with Gasteiger partial charge in [0.15, 0.2) is 0 Å². The standard InChI is InChI=1S/C13H15N7O/c1-8-11(5-17-19-8)20(10-6-21-7-10)13-16-4-9(3-14)12(15-2)18-13/h4-5,10H,6-7H2,1-2H3,(H,17,19)(H,15,16,18). The van der Waals surface area contributed by atoms with Crippen LogP contribution < -0.4 is 10.2 Å². The fourth-order valence-corrected chi connectivity index (χ4v) is 2.19. The van der Waals surface area contributed by atoms with Crippen LogP contribution in [0.5, 0.6) is 0 Å². The van der Waals surface area contributed by atoms with Crippen LogP contribution >= 0.6 is 0 Å². The number of nitriles is 1. The van der Waals surface area contributed by atoms with Crippen molar-refractivity contribution in [1.29, 1.82) is 5.26 Å². The highest BCUT2D eigenvalue weighted by molar-refractivity contribution is 5.63. The summed E-state index contributed by atoms with van der Waals surface area (Å²) in [5.41, 5.74) is 2.26. The fourth-order valence-electron chi connectivity index (χ4n) is 2.19. The van der Waals surface area contributed by atoms with Crippen molar-refractivity contribution < 1.29 is 4.74 Å². The van der Waals surface area contributed by atoms with Gasteiger partial charge in [-0.15, -0.1) is 0 Å². The van der Waals surface area contributed by atoms with E-state index in [0.29, 0.717) is 30.5 Å². The highest BCUT2D eigenvalue weighted by Crippen LogP contribution is 2.30. The molecule has 1 aliphatic rings. The molecule has 0 aromatic carbocycles. The zero-order chi connectivity index (χ0) is 14.8. The van der Waals surface area contributed by atoms with Crippen LogP contribution in [-0.4, -0.2) is 46.5 Å². The molecule has 0 amide bonds. The van der Waals surface area contributed by atoms with E-state index in [1.165, 1.54) is 6.20 Å². The lowest BCUT2D eigenvalue weighted by Crippen LogP contribution is -2.47. The maximum absolute atomic E-state index is 9.06. The fraction of sp³-hybridized carbons (Fsp3) is 0.385. The third-order valence-electron chi connectivity index (χ3n) is 3.40. The summed E-state index contributed by atoms with van der Waals surface area (Å²) in [7, 11) is 1.73. The molecule has 2 aromatic heterocycles. The first-order chi connectivity index (χ1) is 10.2. The van der Waals surface area contributed by atoms with Gasteiger partial charge in [0, 0.05) is 7.05 Å². The third kappa shape index (κ3) is 2.28. The Morgan fingerprint density at radius 2 is 2.29 bits per heavy atom. The molecule has 0 spiro atoms. The monoisotopic (exact) mass is 285 g/mol. The molecule has 1 fully saturated rings. The Bertz CT molecular complexity index is 686. The number of rotatable bonds is 4. The van der Waals surface area contributed by atoms with E-state index in [2.05, 4.69) is 31.6 Å². The number of H-pyrrole nitrogens is 1. The molecule has 3 rings (SSSR count). The van der Waals surface area contributed by atoms with Crippen molar-refractivity contribution in [3.63, 3.8) is 0 Å². The van der Waals surface area contributed by atoms with E-state index in [0.717, 1.165) is 11.4 Å². The minimum absolute atomic E-state index is 0.166. The van der Waals surface area contributed by atoms with Crippen LogP contribution in [0.2, 0.25) is 0 Å². The normalized spacial score (nSPS) is 14.3. The molecule has 2 N–H and O–H groups in total. The SMILES string of the molecule is CNc1nc(N(c2cn[nH]c2C)C2COC2)ncc1C#N. The molecule has 2 aromatic rings. The maximum Gasteiger partial charge on any atom is 0.232 e. The van der Waals surface area contributed by atoms with Crippen molar-refractivity contribution in [2.75, 3.05) is 30.5 Å². The first-order valence-electron chi connectivity index (χ1n) is 6.56. The molecule has 21 heavy (non-hydrogen) atoms. The Morgan fingerprint density at radius 1 is 1.48 bits per heavy atom. The van der Waals surface area contributed by atoms with Gasteiger partial charge >= 0.3 is 0 Å². The summed E-state index contributed by atoms with van der Waals surface area (Å²) in [5.74, 6) is 1.03. The molecule has 108 valence electrons. The number of aromatic amines is 1. The van der Waals surface area contributed by atoms with E-state index < -0.39 is 0 Å². The van der Waals surface area contributed by atoms with E-state index >= 15 is 0 Å². The second kappa shape index (κ2) is 5.38. The zero-order valence-electron chi connectivity index (χ0n) is 11.8. The van der Waals surface area contributed by atoms with Crippen LogP contribution in [0.1, 0.15) is 11.3 Å². The Morgan fingerprint density at radius 3 is 2.81 bits per heavy atom. The topological polar surface area (TPSA) is 103 Å². The summed E-state index contributed by atoms with van der Waals surface area (Å²) in [4.78, 5) is 10.8. The van der Waals surface area contributed by atoms with E-state index in [1.807, 2.05) is 11.8 Å². The molecule has 0 bridgehead atoms. The molecule has 3 heterocycles. The van der Waals surface area contributed by atoms with Gasteiger partial charge in [0.05, 0.1) is 43.0 Å². The largest absolute Gasteiger partial charge is 0.377 e. The second-order valence-electron chi connectivity index (χ2n) is 4.74. The first-order valence-corrected chi connectivity index (χ1v) is 6.56. The van der Waals surface area contributed by atoms with Crippen LogP contribution in [0, 0.1) is 18.3 Å². The Labute approximate surface area is 121 Å². The van der Waals surface area contributed by atoms with Crippen LogP contribution in [-0.2, 0) is 4.74 Å². The van der Waals surface area contributed by atoms with Crippen LogP contribution in [0.3, 0.4) is 0 Å². The van der Waals surface area contributed by atoms with E-state index in [4.69, 9.17) is 10.00 Å². The molecular formula is C13H15N7O. The van der Waals surface area contributed by atoms with E-state index in [1.54, 1.807) is 13.2 Å².